The largest absolute Gasteiger partial charge is 0.346 e. The Morgan fingerprint density at radius 2 is 2.00 bits per heavy atom. The molecule has 0 atom stereocenters. The maximum Gasteiger partial charge on any atom is 0.235 e. The van der Waals surface area contributed by atoms with Gasteiger partial charge in [0.25, 0.3) is 0 Å². The van der Waals surface area contributed by atoms with Gasteiger partial charge in [-0.05, 0) is 60.7 Å². The number of hydrogen-bond donors (Lipinski definition) is 2. The molecule has 1 aliphatic rings. The Hall–Kier alpha value is -2.34. The summed E-state index contributed by atoms with van der Waals surface area (Å²) in [6.45, 7) is 1.99. The van der Waals surface area contributed by atoms with E-state index >= 15 is 0 Å². The fourth-order valence-corrected chi connectivity index (χ4v) is 4.23. The molecule has 0 amide bonds. The van der Waals surface area contributed by atoms with Crippen LogP contribution in [0.1, 0.15) is 18.4 Å². The fraction of sp³-hybridized carbons (Fsp3) is 0.235. The predicted octanol–water partition coefficient (Wildman–Crippen LogP) is 3.44. The first-order valence-corrected chi connectivity index (χ1v) is 9.14. The lowest BCUT2D eigenvalue weighted by Crippen LogP contribution is -2.17. The Bertz CT molecular complexity index is 988. The van der Waals surface area contributed by atoms with Crippen molar-refractivity contribution in [3.63, 3.8) is 0 Å². The Kier molecular flexibility index (Phi) is 3.16. The molecule has 23 heavy (non-hydrogen) atoms. The summed E-state index contributed by atoms with van der Waals surface area (Å²) in [5, 5.41) is 0.837. The van der Waals surface area contributed by atoms with Crippen LogP contribution in [0.15, 0.2) is 42.7 Å². The molecule has 0 bridgehead atoms. The third-order valence-electron chi connectivity index (χ3n) is 4.20. The summed E-state index contributed by atoms with van der Waals surface area (Å²) < 4.78 is 26.8. The van der Waals surface area contributed by atoms with Crippen LogP contribution < -0.4 is 4.72 Å². The molecule has 0 saturated heterocycles. The molecule has 3 aromatic rings. The maximum absolute atomic E-state index is 12.0. The molecule has 1 saturated carbocycles. The second-order valence-electron chi connectivity index (χ2n) is 5.97. The SMILES string of the molecule is Cc1cc(NS(=O)(=O)C2CC2)ccc1-c1ccnc2[nH]ccc12. The summed E-state index contributed by atoms with van der Waals surface area (Å²) in [6, 6.07) is 9.64. The van der Waals surface area contributed by atoms with Gasteiger partial charge < -0.3 is 4.98 Å². The Balaban J connectivity index is 1.72. The van der Waals surface area contributed by atoms with Gasteiger partial charge in [-0.3, -0.25) is 4.72 Å². The number of nitrogens with zero attached hydrogens (tertiary/aromatic N) is 1. The second kappa shape index (κ2) is 5.09. The van der Waals surface area contributed by atoms with Crippen molar-refractivity contribution in [3.8, 4) is 11.1 Å². The van der Waals surface area contributed by atoms with Crippen LogP contribution >= 0.6 is 0 Å². The highest BCUT2D eigenvalue weighted by Gasteiger charge is 2.35. The first kappa shape index (κ1) is 14.3. The maximum atomic E-state index is 12.0. The third kappa shape index (κ3) is 2.59. The van der Waals surface area contributed by atoms with Crippen molar-refractivity contribution >= 4 is 26.7 Å². The van der Waals surface area contributed by atoms with Gasteiger partial charge in [0.05, 0.1) is 5.25 Å². The van der Waals surface area contributed by atoms with Crippen LogP contribution in [0.2, 0.25) is 0 Å². The van der Waals surface area contributed by atoms with Crippen molar-refractivity contribution in [2.45, 2.75) is 25.0 Å². The molecule has 0 aliphatic heterocycles. The molecule has 0 radical (unpaired) electrons. The van der Waals surface area contributed by atoms with E-state index in [9.17, 15) is 8.42 Å². The highest BCUT2D eigenvalue weighted by molar-refractivity contribution is 7.93. The van der Waals surface area contributed by atoms with Crippen LogP contribution in [-0.2, 0) is 10.0 Å². The lowest BCUT2D eigenvalue weighted by atomic mass is 9.99. The molecule has 2 N–H and O–H groups in total. The summed E-state index contributed by atoms with van der Waals surface area (Å²) in [6.07, 6.45) is 5.16. The molecular formula is C17H17N3O2S. The molecule has 6 heteroatoms. The van der Waals surface area contributed by atoms with E-state index in [2.05, 4.69) is 14.7 Å². The highest BCUT2D eigenvalue weighted by Crippen LogP contribution is 2.33. The van der Waals surface area contributed by atoms with E-state index in [1.165, 1.54) is 0 Å². The molecule has 118 valence electrons. The molecule has 1 fully saturated rings. The summed E-state index contributed by atoms with van der Waals surface area (Å²) in [4.78, 5) is 7.41. The molecule has 5 nitrogen and oxygen atoms in total. The molecule has 1 aromatic carbocycles. The monoisotopic (exact) mass is 327 g/mol. The number of fused-ring (bicyclic) bond motifs is 1. The van der Waals surface area contributed by atoms with E-state index in [0.717, 1.165) is 40.6 Å². The van der Waals surface area contributed by atoms with Crippen molar-refractivity contribution < 1.29 is 8.42 Å². The van der Waals surface area contributed by atoms with E-state index in [4.69, 9.17) is 0 Å². The molecule has 1 aliphatic carbocycles. The van der Waals surface area contributed by atoms with Gasteiger partial charge in [0.2, 0.25) is 10.0 Å². The zero-order valence-electron chi connectivity index (χ0n) is 12.7. The van der Waals surface area contributed by atoms with Gasteiger partial charge >= 0.3 is 0 Å². The summed E-state index contributed by atoms with van der Waals surface area (Å²) in [7, 11) is -3.23. The minimum absolute atomic E-state index is 0.220. The highest BCUT2D eigenvalue weighted by atomic mass is 32.2. The van der Waals surface area contributed by atoms with Gasteiger partial charge in [0.15, 0.2) is 0 Å². The van der Waals surface area contributed by atoms with Crippen LogP contribution in [0.25, 0.3) is 22.2 Å². The van der Waals surface area contributed by atoms with Gasteiger partial charge in [-0.1, -0.05) is 6.07 Å². The number of pyridine rings is 1. The smallest absolute Gasteiger partial charge is 0.235 e. The topological polar surface area (TPSA) is 74.8 Å². The fourth-order valence-electron chi connectivity index (χ4n) is 2.85. The minimum atomic E-state index is -3.23. The van der Waals surface area contributed by atoms with E-state index in [1.807, 2.05) is 43.5 Å². The number of H-pyrrole nitrogens is 1. The zero-order chi connectivity index (χ0) is 16.0. The average Bonchev–Trinajstić information content (AvgIpc) is 3.26. The number of hydrogen-bond acceptors (Lipinski definition) is 3. The van der Waals surface area contributed by atoms with Crippen LogP contribution in [0.3, 0.4) is 0 Å². The molecule has 0 spiro atoms. The summed E-state index contributed by atoms with van der Waals surface area (Å²) >= 11 is 0. The van der Waals surface area contributed by atoms with Crippen LogP contribution in [-0.4, -0.2) is 23.6 Å². The van der Waals surface area contributed by atoms with Gasteiger partial charge in [0.1, 0.15) is 5.65 Å². The zero-order valence-corrected chi connectivity index (χ0v) is 13.5. The van der Waals surface area contributed by atoms with Crippen molar-refractivity contribution in [3.05, 3.63) is 48.3 Å². The lowest BCUT2D eigenvalue weighted by molar-refractivity contribution is 0.600. The van der Waals surface area contributed by atoms with E-state index < -0.39 is 10.0 Å². The van der Waals surface area contributed by atoms with Crippen molar-refractivity contribution in [1.29, 1.82) is 0 Å². The number of aromatic amines is 1. The van der Waals surface area contributed by atoms with Crippen LogP contribution in [0, 0.1) is 6.92 Å². The average molecular weight is 327 g/mol. The molecule has 0 unspecified atom stereocenters. The third-order valence-corrected chi connectivity index (χ3v) is 6.07. The number of rotatable bonds is 4. The number of anilines is 1. The van der Waals surface area contributed by atoms with Gasteiger partial charge in [-0.15, -0.1) is 0 Å². The normalized spacial score (nSPS) is 15.0. The van der Waals surface area contributed by atoms with Gasteiger partial charge in [0, 0.05) is 23.5 Å². The number of aryl methyl sites for hydroxylation is 1. The summed E-state index contributed by atoms with van der Waals surface area (Å²) in [5.74, 6) is 0. The van der Waals surface area contributed by atoms with E-state index in [0.29, 0.717) is 5.69 Å². The Morgan fingerprint density at radius 3 is 2.74 bits per heavy atom. The molecule has 2 heterocycles. The molecular weight excluding hydrogens is 310 g/mol. The van der Waals surface area contributed by atoms with Gasteiger partial charge in [-0.2, -0.15) is 0 Å². The van der Waals surface area contributed by atoms with Crippen molar-refractivity contribution in [2.24, 2.45) is 0 Å². The van der Waals surface area contributed by atoms with Crippen molar-refractivity contribution in [2.75, 3.05) is 4.72 Å². The first-order chi connectivity index (χ1) is 11.0. The lowest BCUT2D eigenvalue weighted by Gasteiger charge is -2.11. The van der Waals surface area contributed by atoms with E-state index in [1.54, 1.807) is 6.20 Å². The van der Waals surface area contributed by atoms with Crippen molar-refractivity contribution in [1.82, 2.24) is 9.97 Å². The Labute approximate surface area is 134 Å². The predicted molar refractivity (Wildman–Crippen MR) is 91.8 cm³/mol. The van der Waals surface area contributed by atoms with Crippen LogP contribution in [0.5, 0.6) is 0 Å². The van der Waals surface area contributed by atoms with E-state index in [-0.39, 0.29) is 5.25 Å². The quantitative estimate of drug-likeness (QED) is 0.771. The minimum Gasteiger partial charge on any atom is -0.346 e. The summed E-state index contributed by atoms with van der Waals surface area (Å²) in [5.41, 5.74) is 4.66. The first-order valence-electron chi connectivity index (χ1n) is 7.59. The standard InChI is InChI=1S/C17H17N3O2S/c1-11-10-12(20-23(21,22)13-3-4-13)2-5-14(11)15-6-8-18-17-16(15)7-9-19-17/h2,5-10,13,20H,3-4H2,1H3,(H,18,19). The second-order valence-corrected chi connectivity index (χ2v) is 7.94. The molecule has 2 aromatic heterocycles. The van der Waals surface area contributed by atoms with Gasteiger partial charge in [-0.25, -0.2) is 13.4 Å². The number of nitrogens with one attached hydrogen (secondary N) is 2. The number of aromatic nitrogens is 2. The van der Waals surface area contributed by atoms with Crippen LogP contribution in [0.4, 0.5) is 5.69 Å². The number of sulfonamides is 1. The Morgan fingerprint density at radius 1 is 1.17 bits per heavy atom. The number of benzene rings is 1. The molecule has 4 rings (SSSR count).